The summed E-state index contributed by atoms with van der Waals surface area (Å²) >= 11 is 0. The van der Waals surface area contributed by atoms with E-state index in [1.54, 1.807) is 0 Å². The maximum absolute atomic E-state index is 10.6. The highest BCUT2D eigenvalue weighted by molar-refractivity contribution is 6.09. The molecule has 0 spiro atoms. The molecule has 0 aliphatic rings. The molecule has 0 atom stereocenters. The van der Waals surface area contributed by atoms with Gasteiger partial charge in [0, 0.05) is 26.6 Å². The van der Waals surface area contributed by atoms with Gasteiger partial charge >= 0.3 is 6.07 Å². The fraction of sp³-hybridized carbons (Fsp3) is 0. The van der Waals surface area contributed by atoms with Gasteiger partial charge in [0.25, 0.3) is 0 Å². The summed E-state index contributed by atoms with van der Waals surface area (Å²) in [5, 5.41) is 26.0. The number of nitrogens with zero attached hydrogens (tertiary/aromatic N) is 2. The zero-order valence-corrected chi connectivity index (χ0v) is 9.92. The molecule has 3 rings (SSSR count). The average Bonchev–Trinajstić information content (AvgIpc) is 2.47. The summed E-state index contributed by atoms with van der Waals surface area (Å²) in [6.45, 7) is 0. The summed E-state index contributed by atoms with van der Waals surface area (Å²) in [7, 11) is 0. The zero-order chi connectivity index (χ0) is 13.2. The Labute approximate surface area is 109 Å². The van der Waals surface area contributed by atoms with E-state index in [0.29, 0.717) is 11.1 Å². The Hall–Kier alpha value is -3.04. The SMILES string of the molecule is N#Cc1c2ccccc2c(C#[N+][O-])c2ccccc12. The normalized spacial score (nSPS) is 9.84. The molecule has 0 aromatic heterocycles. The molecule has 0 aliphatic heterocycles. The number of fused-ring (bicyclic) bond motifs is 2. The Morgan fingerprint density at radius 1 is 0.789 bits per heavy atom. The van der Waals surface area contributed by atoms with Crippen LogP contribution in [-0.4, -0.2) is 0 Å². The van der Waals surface area contributed by atoms with Gasteiger partial charge in [0.1, 0.15) is 11.6 Å². The number of hydrogen-bond acceptors (Lipinski definition) is 2. The second-order valence-corrected chi connectivity index (χ2v) is 4.16. The van der Waals surface area contributed by atoms with Crippen molar-refractivity contribution in [3.63, 3.8) is 0 Å². The third-order valence-electron chi connectivity index (χ3n) is 3.20. The average molecular weight is 244 g/mol. The lowest BCUT2D eigenvalue weighted by molar-refractivity contribution is 1.51. The number of benzene rings is 3. The van der Waals surface area contributed by atoms with Gasteiger partial charge in [-0.3, -0.25) is 0 Å². The first kappa shape index (κ1) is 11.1. The lowest BCUT2D eigenvalue weighted by Crippen LogP contribution is -1.89. The van der Waals surface area contributed by atoms with Crippen LogP contribution in [0.2, 0.25) is 0 Å². The van der Waals surface area contributed by atoms with Crippen molar-refractivity contribution >= 4 is 21.5 Å². The quantitative estimate of drug-likeness (QED) is 0.442. The molecule has 0 saturated carbocycles. The maximum Gasteiger partial charge on any atom is 0.337 e. The van der Waals surface area contributed by atoms with E-state index in [1.807, 2.05) is 48.5 Å². The van der Waals surface area contributed by atoms with Crippen molar-refractivity contribution in [1.29, 1.82) is 5.26 Å². The van der Waals surface area contributed by atoms with Gasteiger partial charge in [0.05, 0.1) is 5.56 Å². The first-order valence-electron chi connectivity index (χ1n) is 5.78. The molecule has 0 radical (unpaired) electrons. The molecule has 3 aromatic carbocycles. The number of rotatable bonds is 0. The Morgan fingerprint density at radius 2 is 1.21 bits per heavy atom. The standard InChI is InChI=1S/C16H8N2O/c17-9-15-11-5-1-3-7-13(11)16(10-18-19)14-8-4-2-6-12(14)15/h1-8H. The molecule has 0 heterocycles. The van der Waals surface area contributed by atoms with Crippen LogP contribution in [0.3, 0.4) is 0 Å². The molecule has 0 aliphatic carbocycles. The highest BCUT2D eigenvalue weighted by Crippen LogP contribution is 2.31. The van der Waals surface area contributed by atoms with E-state index in [-0.39, 0.29) is 0 Å². The molecule has 0 saturated heterocycles. The molecule has 3 nitrogen and oxygen atoms in total. The smallest absolute Gasteiger partial charge is 0.337 e. The van der Waals surface area contributed by atoms with Gasteiger partial charge < -0.3 is 5.21 Å². The molecule has 88 valence electrons. The van der Waals surface area contributed by atoms with Crippen LogP contribution in [0.4, 0.5) is 0 Å². The summed E-state index contributed by atoms with van der Waals surface area (Å²) in [6, 6.07) is 19.7. The Balaban J connectivity index is 2.69. The number of nitriles is 1. The van der Waals surface area contributed by atoms with Gasteiger partial charge in [0.2, 0.25) is 0 Å². The zero-order valence-electron chi connectivity index (χ0n) is 9.92. The van der Waals surface area contributed by atoms with E-state index in [4.69, 9.17) is 0 Å². The lowest BCUT2D eigenvalue weighted by atomic mass is 9.93. The minimum absolute atomic E-state index is 0.614. The largest absolute Gasteiger partial charge is 0.498 e. The van der Waals surface area contributed by atoms with E-state index >= 15 is 0 Å². The van der Waals surface area contributed by atoms with Crippen LogP contribution in [0.25, 0.3) is 26.6 Å². The second-order valence-electron chi connectivity index (χ2n) is 4.16. The van der Waals surface area contributed by atoms with Crippen LogP contribution in [0, 0.1) is 22.6 Å². The van der Waals surface area contributed by atoms with Crippen molar-refractivity contribution in [2.24, 2.45) is 0 Å². The van der Waals surface area contributed by atoms with Gasteiger partial charge in [-0.1, -0.05) is 48.5 Å². The van der Waals surface area contributed by atoms with E-state index in [0.717, 1.165) is 21.5 Å². The van der Waals surface area contributed by atoms with Crippen molar-refractivity contribution in [3.8, 4) is 12.1 Å². The fourth-order valence-electron chi connectivity index (χ4n) is 2.41. The predicted octanol–water partition coefficient (Wildman–Crippen LogP) is 4.04. The molecule has 3 heteroatoms. The van der Waals surface area contributed by atoms with Gasteiger partial charge in [0.15, 0.2) is 0 Å². The minimum Gasteiger partial charge on any atom is -0.498 e. The van der Waals surface area contributed by atoms with Crippen molar-refractivity contribution in [2.45, 2.75) is 0 Å². The topological polar surface area (TPSA) is 51.2 Å². The van der Waals surface area contributed by atoms with Gasteiger partial charge in [-0.25, -0.2) is 0 Å². The van der Waals surface area contributed by atoms with Crippen LogP contribution < -0.4 is 0 Å². The summed E-state index contributed by atoms with van der Waals surface area (Å²) in [4.78, 5) is 0. The Kier molecular flexibility index (Phi) is 2.52. The molecule has 3 aromatic rings. The molecular formula is C16H8N2O. The Bertz CT molecular complexity index is 838. The van der Waals surface area contributed by atoms with Crippen molar-refractivity contribution in [2.75, 3.05) is 0 Å². The Morgan fingerprint density at radius 3 is 1.58 bits per heavy atom. The van der Waals surface area contributed by atoms with Crippen molar-refractivity contribution in [1.82, 2.24) is 0 Å². The van der Waals surface area contributed by atoms with Crippen molar-refractivity contribution < 1.29 is 0 Å². The third-order valence-corrected chi connectivity index (χ3v) is 3.20. The maximum atomic E-state index is 10.6. The van der Waals surface area contributed by atoms with Crippen LogP contribution in [0.5, 0.6) is 0 Å². The van der Waals surface area contributed by atoms with Crippen LogP contribution in [0.1, 0.15) is 11.1 Å². The molecule has 0 fully saturated rings. The fourth-order valence-corrected chi connectivity index (χ4v) is 2.41. The molecule has 0 bridgehead atoms. The van der Waals surface area contributed by atoms with Crippen LogP contribution in [0.15, 0.2) is 48.5 Å². The lowest BCUT2D eigenvalue weighted by Gasteiger charge is -2.07. The highest BCUT2D eigenvalue weighted by Gasteiger charge is 2.14. The predicted molar refractivity (Wildman–Crippen MR) is 75.9 cm³/mol. The van der Waals surface area contributed by atoms with E-state index < -0.39 is 0 Å². The molecule has 0 N–H and O–H groups in total. The van der Waals surface area contributed by atoms with Gasteiger partial charge in [-0.2, -0.15) is 5.26 Å². The minimum atomic E-state index is 0.614. The summed E-state index contributed by atoms with van der Waals surface area (Å²) in [5.41, 5.74) is 1.25. The van der Waals surface area contributed by atoms with E-state index in [2.05, 4.69) is 17.1 Å². The number of hydrogen-bond donors (Lipinski definition) is 0. The van der Waals surface area contributed by atoms with E-state index in [9.17, 15) is 10.5 Å². The van der Waals surface area contributed by atoms with Gasteiger partial charge in [-0.15, -0.1) is 0 Å². The molecule has 19 heavy (non-hydrogen) atoms. The molecule has 0 amide bonds. The van der Waals surface area contributed by atoms with E-state index in [1.165, 1.54) is 0 Å². The van der Waals surface area contributed by atoms with Crippen LogP contribution in [-0.2, 0) is 0 Å². The van der Waals surface area contributed by atoms with Gasteiger partial charge in [-0.05, 0) is 0 Å². The second kappa shape index (κ2) is 4.33. The first-order chi connectivity index (χ1) is 9.36. The first-order valence-corrected chi connectivity index (χ1v) is 5.78. The summed E-state index contributed by atoms with van der Waals surface area (Å²) in [5.74, 6) is 0. The third kappa shape index (κ3) is 1.57. The molecular weight excluding hydrogens is 236 g/mol. The van der Waals surface area contributed by atoms with Crippen LogP contribution >= 0.6 is 0 Å². The summed E-state index contributed by atoms with van der Waals surface area (Å²) < 4.78 is 0. The van der Waals surface area contributed by atoms with Crippen molar-refractivity contribution in [3.05, 3.63) is 69.9 Å². The molecule has 0 unspecified atom stereocenters. The summed E-state index contributed by atoms with van der Waals surface area (Å²) in [6.07, 6.45) is 0. The monoisotopic (exact) mass is 244 g/mol. The highest BCUT2D eigenvalue weighted by atomic mass is 16.4.